The van der Waals surface area contributed by atoms with Crippen molar-refractivity contribution in [2.75, 3.05) is 13.2 Å². The average Bonchev–Trinajstić information content (AvgIpc) is 3.26. The average molecular weight is 426 g/mol. The molecule has 0 spiro atoms. The molecule has 0 aliphatic carbocycles. The van der Waals surface area contributed by atoms with E-state index in [-0.39, 0.29) is 41.8 Å². The first-order chi connectivity index (χ1) is 15.0. The van der Waals surface area contributed by atoms with Crippen LogP contribution in [-0.2, 0) is 17.9 Å². The molecular weight excluding hydrogens is 397 g/mol. The van der Waals surface area contributed by atoms with Gasteiger partial charge in [0.15, 0.2) is 0 Å². The van der Waals surface area contributed by atoms with Crippen LogP contribution in [0.15, 0.2) is 47.3 Å². The van der Waals surface area contributed by atoms with Crippen LogP contribution >= 0.6 is 0 Å². The normalized spacial score (nSPS) is 25.0. The van der Waals surface area contributed by atoms with E-state index in [1.165, 1.54) is 12.1 Å². The molecule has 3 heterocycles. The zero-order valence-electron chi connectivity index (χ0n) is 17.8. The Morgan fingerprint density at radius 3 is 2.81 bits per heavy atom. The number of aliphatic hydroxyl groups excluding tert-OH is 1. The number of benzene rings is 1. The summed E-state index contributed by atoms with van der Waals surface area (Å²) in [5.74, 6) is -0.887. The first-order valence-corrected chi connectivity index (χ1v) is 10.7. The van der Waals surface area contributed by atoms with Crippen LogP contribution < -0.4 is 10.9 Å². The van der Waals surface area contributed by atoms with Crippen LogP contribution in [0.5, 0.6) is 0 Å². The molecule has 0 unspecified atom stereocenters. The molecule has 0 saturated carbocycles. The van der Waals surface area contributed by atoms with E-state index in [2.05, 4.69) is 5.32 Å². The Morgan fingerprint density at radius 2 is 2.13 bits per heavy atom. The number of aromatic nitrogens is 1. The number of carbonyl (C=O) groups is 1. The van der Waals surface area contributed by atoms with E-state index in [1.807, 2.05) is 43.0 Å². The van der Waals surface area contributed by atoms with Crippen LogP contribution in [0.25, 0.3) is 6.08 Å². The zero-order valence-corrected chi connectivity index (χ0v) is 17.8. The molecule has 1 fully saturated rings. The maximum absolute atomic E-state index is 13.8. The number of pyridine rings is 1. The van der Waals surface area contributed by atoms with Crippen LogP contribution in [-0.4, -0.2) is 39.7 Å². The summed E-state index contributed by atoms with van der Waals surface area (Å²) in [6, 6.07) is 9.32. The van der Waals surface area contributed by atoms with Crippen molar-refractivity contribution in [1.82, 2.24) is 14.8 Å². The Balaban J connectivity index is 1.80. The third-order valence-electron chi connectivity index (χ3n) is 6.44. The summed E-state index contributed by atoms with van der Waals surface area (Å²) >= 11 is 0. The number of nitrogens with one attached hydrogen (secondary N) is 1. The van der Waals surface area contributed by atoms with Gasteiger partial charge in [-0.1, -0.05) is 24.3 Å². The number of halogens is 1. The standard InChI is InChI=1S/C24H28FN3O3/c1-3-6-16-9-10-20-21-18(13-27(20)24(16)31)19(14-29)22(23(30)26-4-2)28(21)12-15-7-5-8-17(25)11-15/h3,5-11,18-19,21-22,29H,4,12-14H2,1-2H3,(H,26,30)/b6-3+/t18-,19-,21+,22-/m1/s1. The summed E-state index contributed by atoms with van der Waals surface area (Å²) < 4.78 is 15.6. The van der Waals surface area contributed by atoms with E-state index in [0.29, 0.717) is 25.2 Å². The number of likely N-dealkylation sites (N-methyl/N-ethyl adjacent to an activating group) is 1. The van der Waals surface area contributed by atoms with Gasteiger partial charge >= 0.3 is 0 Å². The Kier molecular flexibility index (Phi) is 6.07. The summed E-state index contributed by atoms with van der Waals surface area (Å²) in [5, 5.41) is 13.1. The summed E-state index contributed by atoms with van der Waals surface area (Å²) in [6.45, 7) is 4.85. The van der Waals surface area contributed by atoms with Gasteiger partial charge in [0.05, 0.1) is 12.1 Å². The number of amides is 1. The molecule has 2 N–H and O–H groups in total. The molecule has 1 aromatic carbocycles. The van der Waals surface area contributed by atoms with E-state index < -0.39 is 6.04 Å². The van der Waals surface area contributed by atoms with E-state index in [9.17, 15) is 19.1 Å². The van der Waals surface area contributed by atoms with Crippen molar-refractivity contribution in [2.45, 2.75) is 39.0 Å². The van der Waals surface area contributed by atoms with Crippen molar-refractivity contribution < 1.29 is 14.3 Å². The largest absolute Gasteiger partial charge is 0.396 e. The number of likely N-dealkylation sites (tertiary alicyclic amines) is 1. The Labute approximate surface area is 181 Å². The van der Waals surface area contributed by atoms with Gasteiger partial charge in [0.1, 0.15) is 5.82 Å². The van der Waals surface area contributed by atoms with Crippen molar-refractivity contribution >= 4 is 12.0 Å². The van der Waals surface area contributed by atoms with Gasteiger partial charge in [-0.3, -0.25) is 14.5 Å². The van der Waals surface area contributed by atoms with Gasteiger partial charge in [0, 0.05) is 49.3 Å². The Morgan fingerprint density at radius 1 is 1.32 bits per heavy atom. The van der Waals surface area contributed by atoms with Crippen molar-refractivity contribution in [1.29, 1.82) is 0 Å². The molecule has 7 heteroatoms. The van der Waals surface area contributed by atoms with Crippen LogP contribution in [0.3, 0.4) is 0 Å². The van der Waals surface area contributed by atoms with Crippen molar-refractivity contribution in [3.8, 4) is 0 Å². The molecule has 1 amide bonds. The van der Waals surface area contributed by atoms with Crippen LogP contribution in [0.2, 0.25) is 0 Å². The molecule has 1 saturated heterocycles. The van der Waals surface area contributed by atoms with Gasteiger partial charge in [0.2, 0.25) is 5.91 Å². The molecule has 0 radical (unpaired) electrons. The van der Waals surface area contributed by atoms with Gasteiger partial charge in [-0.25, -0.2) is 4.39 Å². The highest BCUT2D eigenvalue weighted by molar-refractivity contribution is 5.82. The fourth-order valence-electron chi connectivity index (χ4n) is 5.23. The number of allylic oxidation sites excluding steroid dienone is 1. The summed E-state index contributed by atoms with van der Waals surface area (Å²) in [7, 11) is 0. The van der Waals surface area contributed by atoms with Gasteiger partial charge in [-0.05, 0) is 43.7 Å². The fraction of sp³-hybridized carbons (Fsp3) is 0.417. The van der Waals surface area contributed by atoms with Crippen molar-refractivity contribution in [3.63, 3.8) is 0 Å². The minimum Gasteiger partial charge on any atom is -0.396 e. The van der Waals surface area contributed by atoms with Crippen molar-refractivity contribution in [2.24, 2.45) is 11.8 Å². The van der Waals surface area contributed by atoms with Gasteiger partial charge in [-0.15, -0.1) is 0 Å². The highest BCUT2D eigenvalue weighted by atomic mass is 19.1. The van der Waals surface area contributed by atoms with Gasteiger partial charge in [-0.2, -0.15) is 0 Å². The molecule has 31 heavy (non-hydrogen) atoms. The quantitative estimate of drug-likeness (QED) is 0.745. The lowest BCUT2D eigenvalue weighted by Gasteiger charge is -2.30. The summed E-state index contributed by atoms with van der Waals surface area (Å²) in [5.41, 5.74) is 2.13. The zero-order chi connectivity index (χ0) is 22.1. The van der Waals surface area contributed by atoms with Crippen LogP contribution in [0, 0.1) is 17.7 Å². The second kappa shape index (κ2) is 8.77. The van der Waals surface area contributed by atoms with E-state index in [1.54, 1.807) is 16.7 Å². The highest BCUT2D eigenvalue weighted by Crippen LogP contribution is 2.49. The molecule has 2 aliphatic rings. The van der Waals surface area contributed by atoms with Crippen LogP contribution in [0.4, 0.5) is 4.39 Å². The highest BCUT2D eigenvalue weighted by Gasteiger charge is 2.55. The monoisotopic (exact) mass is 425 g/mol. The second-order valence-corrected chi connectivity index (χ2v) is 8.23. The van der Waals surface area contributed by atoms with E-state index in [4.69, 9.17) is 0 Å². The van der Waals surface area contributed by atoms with Gasteiger partial charge < -0.3 is 15.0 Å². The molecule has 2 aliphatic heterocycles. The number of nitrogens with zero attached hydrogens (tertiary/aromatic N) is 2. The first-order valence-electron chi connectivity index (χ1n) is 10.7. The maximum Gasteiger partial charge on any atom is 0.258 e. The molecule has 1 aromatic heterocycles. The summed E-state index contributed by atoms with van der Waals surface area (Å²) in [6.07, 6.45) is 3.62. The van der Waals surface area contributed by atoms with E-state index in [0.717, 1.165) is 11.3 Å². The lowest BCUT2D eigenvalue weighted by molar-refractivity contribution is -0.127. The second-order valence-electron chi connectivity index (χ2n) is 8.23. The lowest BCUT2D eigenvalue weighted by Crippen LogP contribution is -2.48. The molecule has 0 bridgehead atoms. The van der Waals surface area contributed by atoms with Gasteiger partial charge in [0.25, 0.3) is 5.56 Å². The minimum atomic E-state index is -0.553. The topological polar surface area (TPSA) is 74.6 Å². The number of carbonyl (C=O) groups excluding carboxylic acids is 1. The number of fused-ring (bicyclic) bond motifs is 3. The smallest absolute Gasteiger partial charge is 0.258 e. The molecule has 4 atom stereocenters. The fourth-order valence-corrected chi connectivity index (χ4v) is 5.23. The predicted molar refractivity (Wildman–Crippen MR) is 117 cm³/mol. The molecule has 4 rings (SSSR count). The summed E-state index contributed by atoms with van der Waals surface area (Å²) in [4.78, 5) is 28.0. The minimum absolute atomic E-state index is 0.0676. The Bertz CT molecular complexity index is 1060. The number of rotatable bonds is 6. The SMILES string of the molecule is C/C=C/c1ccc2n(c1=O)C[C@@H]1[C@@H](CO)[C@H](C(=O)NCC)N(Cc3cccc(F)c3)[C@H]21. The third kappa shape index (κ3) is 3.72. The number of hydrogen-bond acceptors (Lipinski definition) is 4. The number of aliphatic hydroxyl groups is 1. The molecular formula is C24H28FN3O3. The van der Waals surface area contributed by atoms with E-state index >= 15 is 0 Å². The Hall–Kier alpha value is -2.77. The lowest BCUT2D eigenvalue weighted by atomic mass is 9.88. The molecule has 6 nitrogen and oxygen atoms in total. The van der Waals surface area contributed by atoms with Crippen LogP contribution in [0.1, 0.15) is 36.7 Å². The number of hydrogen-bond donors (Lipinski definition) is 2. The van der Waals surface area contributed by atoms with Crippen molar-refractivity contribution in [3.05, 3.63) is 75.5 Å². The first kappa shape index (κ1) is 21.5. The predicted octanol–water partition coefficient (Wildman–Crippen LogP) is 2.32. The third-order valence-corrected chi connectivity index (χ3v) is 6.44. The molecule has 164 valence electrons. The molecule has 2 aromatic rings. The maximum atomic E-state index is 13.8.